The van der Waals surface area contributed by atoms with E-state index in [0.717, 1.165) is 0 Å². The number of piperidine rings is 2. The molecule has 0 radical (unpaired) electrons. The molecule has 0 aromatic rings. The van der Waals surface area contributed by atoms with Crippen molar-refractivity contribution in [2.75, 3.05) is 32.8 Å². The number of hydroxylamine groups is 6. The first kappa shape index (κ1) is 7.87. The van der Waals surface area contributed by atoms with Crippen molar-refractivity contribution in [2.24, 2.45) is 11.8 Å². The summed E-state index contributed by atoms with van der Waals surface area (Å²) in [6.07, 6.45) is 0. The average molecular weight is 184 g/mol. The third-order valence-electron chi connectivity index (χ3n) is 3.53. The third kappa shape index (κ3) is 0.927. The Balaban J connectivity index is 2.04. The molecule has 5 nitrogen and oxygen atoms in total. The van der Waals surface area contributed by atoms with Crippen LogP contribution in [-0.2, 0) is 4.79 Å². The van der Waals surface area contributed by atoms with Crippen molar-refractivity contribution in [3.63, 3.8) is 0 Å². The first-order valence-corrected chi connectivity index (χ1v) is 4.68. The molecule has 0 unspecified atom stereocenters. The summed E-state index contributed by atoms with van der Waals surface area (Å²) >= 11 is 0. The van der Waals surface area contributed by atoms with Crippen molar-refractivity contribution in [2.45, 2.75) is 0 Å². The number of rotatable bonds is 0. The SMILES string of the molecule is O=C1C2C[N+]3([O-])CC1C[N+]([O-])(C2)C3. The van der Waals surface area contributed by atoms with Crippen molar-refractivity contribution in [3.05, 3.63) is 10.4 Å². The maximum absolute atomic E-state index is 11.9. The Bertz CT molecular complexity index is 253. The molecule has 0 spiro atoms. The lowest BCUT2D eigenvalue weighted by Crippen LogP contribution is -2.78. The predicted octanol–water partition coefficient (Wildman–Crippen LogP) is -0.585. The van der Waals surface area contributed by atoms with Crippen LogP contribution in [0, 0.1) is 22.3 Å². The van der Waals surface area contributed by atoms with E-state index in [0.29, 0.717) is 26.2 Å². The van der Waals surface area contributed by atoms with Gasteiger partial charge in [0, 0.05) is 0 Å². The number of ketones is 1. The molecular weight excluding hydrogens is 172 g/mol. The van der Waals surface area contributed by atoms with Gasteiger partial charge < -0.3 is 19.7 Å². The molecule has 4 heterocycles. The maximum Gasteiger partial charge on any atom is 0.207 e. The van der Waals surface area contributed by atoms with Crippen molar-refractivity contribution >= 4 is 5.78 Å². The van der Waals surface area contributed by atoms with Crippen LogP contribution >= 0.6 is 0 Å². The smallest absolute Gasteiger partial charge is 0.207 e. The zero-order chi connectivity index (χ0) is 9.27. The van der Waals surface area contributed by atoms with E-state index in [1.807, 2.05) is 0 Å². The molecule has 0 N–H and O–H groups in total. The molecule has 5 heteroatoms. The van der Waals surface area contributed by atoms with Crippen LogP contribution in [0.1, 0.15) is 0 Å². The summed E-state index contributed by atoms with van der Waals surface area (Å²) in [6, 6.07) is 0. The largest absolute Gasteiger partial charge is 0.629 e. The normalized spacial score (nSPS) is 58.8. The fourth-order valence-electron chi connectivity index (χ4n) is 3.27. The standard InChI is InChI=1S/C8H12N2O3/c11-8-6-1-9(12)3-7(8)4-10(13,2-6)5-9/h6-7H,1-5H2. The van der Waals surface area contributed by atoms with E-state index in [4.69, 9.17) is 0 Å². The second-order valence-corrected chi connectivity index (χ2v) is 4.78. The van der Waals surface area contributed by atoms with E-state index in [-0.39, 0.29) is 24.3 Å². The summed E-state index contributed by atoms with van der Waals surface area (Å²) in [4.78, 5) is 11.6. The van der Waals surface area contributed by atoms with Crippen LogP contribution in [0.4, 0.5) is 0 Å². The number of carbonyl (C=O) groups is 1. The molecular formula is C8H12N2O3. The van der Waals surface area contributed by atoms with Crippen molar-refractivity contribution in [3.8, 4) is 0 Å². The number of carbonyl (C=O) groups excluding carboxylic acids is 1. The Kier molecular flexibility index (Phi) is 1.18. The number of nitrogens with zero attached hydrogens (tertiary/aromatic N) is 2. The highest BCUT2D eigenvalue weighted by Crippen LogP contribution is 2.39. The van der Waals surface area contributed by atoms with E-state index >= 15 is 0 Å². The summed E-state index contributed by atoms with van der Waals surface area (Å²) in [5.41, 5.74) is 0. The zero-order valence-corrected chi connectivity index (χ0v) is 7.31. The molecule has 0 aromatic heterocycles. The summed E-state index contributed by atoms with van der Waals surface area (Å²) < 4.78 is -0.824. The van der Waals surface area contributed by atoms with E-state index in [1.54, 1.807) is 0 Å². The van der Waals surface area contributed by atoms with Gasteiger partial charge in [-0.2, -0.15) is 0 Å². The van der Waals surface area contributed by atoms with Crippen molar-refractivity contribution in [1.82, 2.24) is 0 Å². The van der Waals surface area contributed by atoms with Gasteiger partial charge in [-0.3, -0.25) is 4.79 Å². The van der Waals surface area contributed by atoms with Gasteiger partial charge >= 0.3 is 0 Å². The summed E-state index contributed by atoms with van der Waals surface area (Å²) in [5, 5.41) is 23.8. The predicted molar refractivity (Wildman–Crippen MR) is 43.6 cm³/mol. The van der Waals surface area contributed by atoms with Gasteiger partial charge in [0.1, 0.15) is 11.8 Å². The highest BCUT2D eigenvalue weighted by Gasteiger charge is 2.57. The van der Waals surface area contributed by atoms with Crippen LogP contribution < -0.4 is 0 Å². The third-order valence-corrected chi connectivity index (χ3v) is 3.53. The second-order valence-electron chi connectivity index (χ2n) is 4.78. The van der Waals surface area contributed by atoms with Gasteiger partial charge in [-0.25, -0.2) is 0 Å². The monoisotopic (exact) mass is 184 g/mol. The van der Waals surface area contributed by atoms with Crippen LogP contribution in [0.15, 0.2) is 0 Å². The number of hydrogen-bond acceptors (Lipinski definition) is 3. The Hall–Kier alpha value is -0.490. The molecule has 4 fully saturated rings. The van der Waals surface area contributed by atoms with Gasteiger partial charge in [0.05, 0.1) is 26.2 Å². The van der Waals surface area contributed by atoms with Gasteiger partial charge in [-0.05, 0) is 0 Å². The van der Waals surface area contributed by atoms with E-state index < -0.39 is 9.29 Å². The molecule has 0 saturated carbocycles. The summed E-state index contributed by atoms with van der Waals surface area (Å²) in [7, 11) is 0. The molecule has 72 valence electrons. The summed E-state index contributed by atoms with van der Waals surface area (Å²) in [5.74, 6) is -0.304. The number of quaternary nitrogens is 2. The molecule has 0 aliphatic carbocycles. The van der Waals surface area contributed by atoms with Crippen LogP contribution in [0.3, 0.4) is 0 Å². The Morgan fingerprint density at radius 1 is 1.00 bits per heavy atom. The van der Waals surface area contributed by atoms with E-state index in [9.17, 15) is 15.2 Å². The minimum Gasteiger partial charge on any atom is -0.629 e. The van der Waals surface area contributed by atoms with E-state index in [1.165, 1.54) is 0 Å². The highest BCUT2D eigenvalue weighted by atomic mass is 16.6. The van der Waals surface area contributed by atoms with Crippen LogP contribution in [0.2, 0.25) is 0 Å². The second kappa shape index (κ2) is 1.95. The lowest BCUT2D eigenvalue weighted by Gasteiger charge is -2.65. The van der Waals surface area contributed by atoms with E-state index in [2.05, 4.69) is 0 Å². The Morgan fingerprint density at radius 3 is 1.77 bits per heavy atom. The number of hydrogen-bond donors (Lipinski definition) is 0. The lowest BCUT2D eigenvalue weighted by molar-refractivity contribution is -1.10. The van der Waals surface area contributed by atoms with Crippen molar-refractivity contribution < 1.29 is 14.1 Å². The Labute approximate surface area is 75.9 Å². The fraction of sp³-hybridized carbons (Fsp3) is 0.875. The van der Waals surface area contributed by atoms with Gasteiger partial charge in [0.2, 0.25) is 6.67 Å². The molecule has 4 saturated heterocycles. The first-order chi connectivity index (χ1) is 6.00. The maximum atomic E-state index is 11.9. The summed E-state index contributed by atoms with van der Waals surface area (Å²) in [6.45, 7) is 1.57. The Morgan fingerprint density at radius 2 is 1.38 bits per heavy atom. The molecule has 0 atom stereocenters. The molecule has 4 aliphatic heterocycles. The topological polar surface area (TPSA) is 63.2 Å². The van der Waals surface area contributed by atoms with Crippen molar-refractivity contribution in [1.29, 1.82) is 0 Å². The van der Waals surface area contributed by atoms with Gasteiger partial charge in [0.25, 0.3) is 0 Å². The molecule has 13 heavy (non-hydrogen) atoms. The zero-order valence-electron chi connectivity index (χ0n) is 7.31. The quantitative estimate of drug-likeness (QED) is 0.373. The molecule has 0 aromatic carbocycles. The minimum absolute atomic E-state index is 0.139. The van der Waals surface area contributed by atoms with Crippen LogP contribution in [-0.4, -0.2) is 47.9 Å². The molecule has 0 amide bonds. The fourth-order valence-corrected chi connectivity index (χ4v) is 3.27. The lowest BCUT2D eigenvalue weighted by atomic mass is 9.80. The molecule has 4 rings (SSSR count). The van der Waals surface area contributed by atoms with Gasteiger partial charge in [-0.15, -0.1) is 0 Å². The highest BCUT2D eigenvalue weighted by molar-refractivity contribution is 5.85. The first-order valence-electron chi connectivity index (χ1n) is 4.68. The van der Waals surface area contributed by atoms with Gasteiger partial charge in [0.15, 0.2) is 5.78 Å². The van der Waals surface area contributed by atoms with Crippen LogP contribution in [0.5, 0.6) is 0 Å². The average Bonchev–Trinajstić information content (AvgIpc) is 1.94. The van der Waals surface area contributed by atoms with Gasteiger partial charge in [-0.1, -0.05) is 0 Å². The van der Waals surface area contributed by atoms with Crippen LogP contribution in [0.25, 0.3) is 0 Å². The minimum atomic E-state index is -0.412. The molecule has 4 aliphatic rings. The molecule has 4 bridgehead atoms. The number of Topliss-reactive ketones (excluding diaryl/α,β-unsaturated/α-hetero) is 1.